The Morgan fingerprint density at radius 2 is 2.06 bits per heavy atom. The second-order valence-corrected chi connectivity index (χ2v) is 5.35. The smallest absolute Gasteiger partial charge is 0.224 e. The van der Waals surface area contributed by atoms with Crippen molar-refractivity contribution in [3.63, 3.8) is 0 Å². The molecule has 0 radical (unpaired) electrons. The van der Waals surface area contributed by atoms with E-state index in [1.807, 2.05) is 20.8 Å². The van der Waals surface area contributed by atoms with Gasteiger partial charge in [-0.25, -0.2) is 4.39 Å². The Hall–Kier alpha value is -1.09. The lowest BCUT2D eigenvalue weighted by molar-refractivity contribution is -0.117. The Bertz CT molecular complexity index is 398. The SMILES string of the molecule is CC(C)(C)CC(=O)Nc1cc(Cl)ccc1F. The second-order valence-electron chi connectivity index (χ2n) is 4.91. The molecule has 0 aliphatic carbocycles. The van der Waals surface area contributed by atoms with E-state index in [2.05, 4.69) is 5.32 Å². The molecule has 0 heterocycles. The maximum atomic E-state index is 13.3. The fourth-order valence-electron chi connectivity index (χ4n) is 1.27. The Morgan fingerprint density at radius 1 is 1.44 bits per heavy atom. The zero-order valence-electron chi connectivity index (χ0n) is 9.60. The molecule has 0 spiro atoms. The number of anilines is 1. The molecule has 1 N–H and O–H groups in total. The van der Waals surface area contributed by atoms with Crippen LogP contribution in [0.25, 0.3) is 0 Å². The molecule has 0 saturated heterocycles. The minimum absolute atomic E-state index is 0.126. The van der Waals surface area contributed by atoms with Gasteiger partial charge in [-0.15, -0.1) is 0 Å². The van der Waals surface area contributed by atoms with Crippen molar-refractivity contribution in [1.29, 1.82) is 0 Å². The zero-order chi connectivity index (χ0) is 12.3. The second kappa shape index (κ2) is 4.83. The first kappa shape index (κ1) is 13.0. The van der Waals surface area contributed by atoms with Crippen LogP contribution in [0.1, 0.15) is 27.2 Å². The molecule has 0 aliphatic rings. The van der Waals surface area contributed by atoms with Gasteiger partial charge in [0.05, 0.1) is 5.69 Å². The van der Waals surface area contributed by atoms with Crippen molar-refractivity contribution in [2.75, 3.05) is 5.32 Å². The van der Waals surface area contributed by atoms with Gasteiger partial charge in [0.15, 0.2) is 0 Å². The number of carbonyl (C=O) groups is 1. The molecule has 1 aromatic carbocycles. The third kappa shape index (κ3) is 4.19. The summed E-state index contributed by atoms with van der Waals surface area (Å²) in [5.41, 5.74) is 0.000762. The lowest BCUT2D eigenvalue weighted by Crippen LogP contribution is -2.20. The number of amides is 1. The summed E-state index contributed by atoms with van der Waals surface area (Å²) < 4.78 is 13.3. The van der Waals surface area contributed by atoms with Gasteiger partial charge in [0.2, 0.25) is 5.91 Å². The molecule has 88 valence electrons. The van der Waals surface area contributed by atoms with E-state index in [0.29, 0.717) is 11.4 Å². The first-order chi connectivity index (χ1) is 7.28. The predicted octanol–water partition coefficient (Wildman–Crippen LogP) is 3.85. The van der Waals surface area contributed by atoms with Gasteiger partial charge in [-0.05, 0) is 23.6 Å². The molecule has 0 saturated carbocycles. The van der Waals surface area contributed by atoms with Crippen molar-refractivity contribution in [3.8, 4) is 0 Å². The average Bonchev–Trinajstić information content (AvgIpc) is 2.08. The molecule has 0 fully saturated rings. The molecule has 1 rings (SSSR count). The van der Waals surface area contributed by atoms with Crippen molar-refractivity contribution < 1.29 is 9.18 Å². The molecule has 4 heteroatoms. The lowest BCUT2D eigenvalue weighted by Gasteiger charge is -2.17. The summed E-state index contributed by atoms with van der Waals surface area (Å²) in [7, 11) is 0. The standard InChI is InChI=1S/C12H15ClFNO/c1-12(2,3)7-11(16)15-10-6-8(13)4-5-9(10)14/h4-6H,7H2,1-3H3,(H,15,16). The van der Waals surface area contributed by atoms with Crippen LogP contribution in [0, 0.1) is 11.2 Å². The zero-order valence-corrected chi connectivity index (χ0v) is 10.4. The highest BCUT2D eigenvalue weighted by Crippen LogP contribution is 2.22. The van der Waals surface area contributed by atoms with Crippen molar-refractivity contribution in [1.82, 2.24) is 0 Å². The van der Waals surface area contributed by atoms with Gasteiger partial charge < -0.3 is 5.32 Å². The molecule has 1 aromatic rings. The molecule has 0 aromatic heterocycles. The van der Waals surface area contributed by atoms with Crippen LogP contribution in [0.15, 0.2) is 18.2 Å². The Kier molecular flexibility index (Phi) is 3.92. The van der Waals surface area contributed by atoms with E-state index in [9.17, 15) is 9.18 Å². The minimum Gasteiger partial charge on any atom is -0.324 e. The van der Waals surface area contributed by atoms with Crippen LogP contribution >= 0.6 is 11.6 Å². The minimum atomic E-state index is -0.480. The van der Waals surface area contributed by atoms with Crippen LogP contribution in [-0.4, -0.2) is 5.91 Å². The molecular weight excluding hydrogens is 229 g/mol. The van der Waals surface area contributed by atoms with Crippen LogP contribution in [0.4, 0.5) is 10.1 Å². The summed E-state index contributed by atoms with van der Waals surface area (Å²) in [5.74, 6) is -0.694. The third-order valence-electron chi connectivity index (χ3n) is 1.89. The number of benzene rings is 1. The largest absolute Gasteiger partial charge is 0.324 e. The summed E-state index contributed by atoms with van der Waals surface area (Å²) in [6.07, 6.45) is 0.332. The lowest BCUT2D eigenvalue weighted by atomic mass is 9.92. The number of hydrogen-bond acceptors (Lipinski definition) is 1. The number of nitrogens with one attached hydrogen (secondary N) is 1. The van der Waals surface area contributed by atoms with E-state index in [0.717, 1.165) is 0 Å². The highest BCUT2D eigenvalue weighted by atomic mass is 35.5. The van der Waals surface area contributed by atoms with E-state index in [1.165, 1.54) is 18.2 Å². The summed E-state index contributed by atoms with van der Waals surface area (Å²) >= 11 is 5.72. The average molecular weight is 244 g/mol. The first-order valence-electron chi connectivity index (χ1n) is 5.03. The Morgan fingerprint density at radius 3 is 2.62 bits per heavy atom. The molecule has 0 aliphatic heterocycles. The van der Waals surface area contributed by atoms with Gasteiger partial charge in [0.25, 0.3) is 0 Å². The predicted molar refractivity (Wildman–Crippen MR) is 64.1 cm³/mol. The monoisotopic (exact) mass is 243 g/mol. The maximum absolute atomic E-state index is 13.3. The van der Waals surface area contributed by atoms with Gasteiger partial charge >= 0.3 is 0 Å². The highest BCUT2D eigenvalue weighted by Gasteiger charge is 2.17. The fraction of sp³-hybridized carbons (Fsp3) is 0.417. The van der Waals surface area contributed by atoms with Crippen LogP contribution in [-0.2, 0) is 4.79 Å². The Balaban J connectivity index is 2.73. The quantitative estimate of drug-likeness (QED) is 0.840. The van der Waals surface area contributed by atoms with Crippen molar-refractivity contribution in [3.05, 3.63) is 29.0 Å². The van der Waals surface area contributed by atoms with Gasteiger partial charge in [-0.3, -0.25) is 4.79 Å². The van der Waals surface area contributed by atoms with E-state index in [4.69, 9.17) is 11.6 Å². The summed E-state index contributed by atoms with van der Waals surface area (Å²) in [6.45, 7) is 5.84. The molecule has 16 heavy (non-hydrogen) atoms. The van der Waals surface area contributed by atoms with Crippen LogP contribution in [0.5, 0.6) is 0 Å². The van der Waals surface area contributed by atoms with E-state index < -0.39 is 5.82 Å². The molecule has 0 bridgehead atoms. The fourth-order valence-corrected chi connectivity index (χ4v) is 1.44. The summed E-state index contributed by atoms with van der Waals surface area (Å²) in [6, 6.07) is 4.07. The molecule has 1 amide bonds. The van der Waals surface area contributed by atoms with E-state index >= 15 is 0 Å². The topological polar surface area (TPSA) is 29.1 Å². The van der Waals surface area contributed by atoms with Crippen LogP contribution in [0.3, 0.4) is 0 Å². The van der Waals surface area contributed by atoms with E-state index in [-0.39, 0.29) is 17.0 Å². The molecule has 0 atom stereocenters. The number of halogens is 2. The van der Waals surface area contributed by atoms with Crippen molar-refractivity contribution >= 4 is 23.2 Å². The van der Waals surface area contributed by atoms with Gasteiger partial charge in [0, 0.05) is 11.4 Å². The molecule has 2 nitrogen and oxygen atoms in total. The van der Waals surface area contributed by atoms with Crippen molar-refractivity contribution in [2.24, 2.45) is 5.41 Å². The van der Waals surface area contributed by atoms with Crippen LogP contribution < -0.4 is 5.32 Å². The number of carbonyl (C=O) groups excluding carboxylic acids is 1. The third-order valence-corrected chi connectivity index (χ3v) is 2.13. The van der Waals surface area contributed by atoms with Gasteiger partial charge in [-0.2, -0.15) is 0 Å². The highest BCUT2D eigenvalue weighted by molar-refractivity contribution is 6.30. The maximum Gasteiger partial charge on any atom is 0.224 e. The molecule has 0 unspecified atom stereocenters. The van der Waals surface area contributed by atoms with Crippen LogP contribution in [0.2, 0.25) is 5.02 Å². The normalized spacial score (nSPS) is 11.3. The van der Waals surface area contributed by atoms with Crippen molar-refractivity contribution in [2.45, 2.75) is 27.2 Å². The number of rotatable bonds is 2. The van der Waals surface area contributed by atoms with Gasteiger partial charge in [-0.1, -0.05) is 32.4 Å². The van der Waals surface area contributed by atoms with E-state index in [1.54, 1.807) is 0 Å². The summed E-state index contributed by atoms with van der Waals surface area (Å²) in [5, 5.41) is 2.90. The molecular formula is C12H15ClFNO. The Labute approximate surface area is 99.8 Å². The van der Waals surface area contributed by atoms with Gasteiger partial charge in [0.1, 0.15) is 5.82 Å². The number of hydrogen-bond donors (Lipinski definition) is 1. The summed E-state index contributed by atoms with van der Waals surface area (Å²) in [4.78, 5) is 11.6. The first-order valence-corrected chi connectivity index (χ1v) is 5.41.